The van der Waals surface area contributed by atoms with E-state index in [0.717, 1.165) is 16.9 Å². The van der Waals surface area contributed by atoms with Crippen molar-refractivity contribution in [2.75, 3.05) is 37.7 Å². The second-order valence-corrected chi connectivity index (χ2v) is 8.45. The van der Waals surface area contributed by atoms with Crippen molar-refractivity contribution in [3.05, 3.63) is 71.1 Å². The molecule has 0 atom stereocenters. The standard InChI is InChI=1S/C23H20Cl2N6O2/c24-16-4-6-19(7-5-16)33-14-21(32)29-8-10-30(11-9-29)22-20-13-28-31(23(20)27-15-26-22)18-3-1-2-17(25)12-18/h1-7,12-13,15H,8-11,14H2. The van der Waals surface area contributed by atoms with Crippen molar-refractivity contribution in [2.24, 2.45) is 0 Å². The molecule has 1 fully saturated rings. The first kappa shape index (κ1) is 21.5. The van der Waals surface area contributed by atoms with Gasteiger partial charge in [-0.25, -0.2) is 14.6 Å². The number of anilines is 1. The lowest BCUT2D eigenvalue weighted by Crippen LogP contribution is -2.50. The summed E-state index contributed by atoms with van der Waals surface area (Å²) in [5.74, 6) is 1.37. The van der Waals surface area contributed by atoms with Crippen LogP contribution in [0.25, 0.3) is 16.7 Å². The Labute approximate surface area is 200 Å². The van der Waals surface area contributed by atoms with Crippen molar-refractivity contribution in [1.82, 2.24) is 24.6 Å². The Morgan fingerprint density at radius 3 is 2.52 bits per heavy atom. The van der Waals surface area contributed by atoms with E-state index in [1.54, 1.807) is 40.0 Å². The molecule has 168 valence electrons. The minimum atomic E-state index is -0.0498. The number of rotatable bonds is 5. The predicted octanol–water partition coefficient (Wildman–Crippen LogP) is 3.85. The molecule has 2 aromatic heterocycles. The topological polar surface area (TPSA) is 76.4 Å². The Balaban J connectivity index is 1.26. The quantitative estimate of drug-likeness (QED) is 0.429. The van der Waals surface area contributed by atoms with E-state index in [4.69, 9.17) is 27.9 Å². The number of carbonyl (C=O) groups is 1. The number of aromatic nitrogens is 4. The van der Waals surface area contributed by atoms with Gasteiger partial charge in [-0.2, -0.15) is 5.10 Å². The molecule has 0 saturated carbocycles. The molecule has 0 N–H and O–H groups in total. The van der Waals surface area contributed by atoms with Crippen LogP contribution in [0, 0.1) is 0 Å². The number of hydrogen-bond acceptors (Lipinski definition) is 6. The number of piperazine rings is 1. The zero-order chi connectivity index (χ0) is 22.8. The summed E-state index contributed by atoms with van der Waals surface area (Å²) >= 11 is 12.0. The number of carbonyl (C=O) groups excluding carboxylic acids is 1. The highest BCUT2D eigenvalue weighted by atomic mass is 35.5. The summed E-state index contributed by atoms with van der Waals surface area (Å²) < 4.78 is 7.34. The lowest BCUT2D eigenvalue weighted by Gasteiger charge is -2.35. The first-order chi connectivity index (χ1) is 16.1. The monoisotopic (exact) mass is 482 g/mol. The lowest BCUT2D eigenvalue weighted by atomic mass is 10.2. The van der Waals surface area contributed by atoms with Gasteiger partial charge in [0.1, 0.15) is 17.9 Å². The average Bonchev–Trinajstić information content (AvgIpc) is 3.28. The van der Waals surface area contributed by atoms with E-state index >= 15 is 0 Å². The van der Waals surface area contributed by atoms with Gasteiger partial charge < -0.3 is 14.5 Å². The fourth-order valence-corrected chi connectivity index (χ4v) is 4.13. The summed E-state index contributed by atoms with van der Waals surface area (Å²) in [4.78, 5) is 25.5. The van der Waals surface area contributed by atoms with Gasteiger partial charge in [-0.15, -0.1) is 0 Å². The van der Waals surface area contributed by atoms with Crippen molar-refractivity contribution in [1.29, 1.82) is 0 Å². The summed E-state index contributed by atoms with van der Waals surface area (Å²) in [5, 5.41) is 6.61. The molecule has 10 heteroatoms. The molecule has 0 unspecified atom stereocenters. The largest absolute Gasteiger partial charge is 0.484 e. The zero-order valence-electron chi connectivity index (χ0n) is 17.6. The van der Waals surface area contributed by atoms with E-state index in [0.29, 0.717) is 47.6 Å². The molecule has 0 spiro atoms. The predicted molar refractivity (Wildman–Crippen MR) is 127 cm³/mol. The van der Waals surface area contributed by atoms with Gasteiger partial charge in [0.25, 0.3) is 5.91 Å². The van der Waals surface area contributed by atoms with Crippen molar-refractivity contribution < 1.29 is 9.53 Å². The molecule has 2 aromatic carbocycles. The number of nitrogens with zero attached hydrogens (tertiary/aromatic N) is 6. The summed E-state index contributed by atoms with van der Waals surface area (Å²) in [5.41, 5.74) is 1.54. The highest BCUT2D eigenvalue weighted by Crippen LogP contribution is 2.26. The van der Waals surface area contributed by atoms with Crippen LogP contribution in [0.4, 0.5) is 5.82 Å². The van der Waals surface area contributed by atoms with Gasteiger partial charge in [0, 0.05) is 36.2 Å². The molecule has 8 nitrogen and oxygen atoms in total. The first-order valence-corrected chi connectivity index (χ1v) is 11.2. The van der Waals surface area contributed by atoms with Gasteiger partial charge in [0.15, 0.2) is 12.3 Å². The molecule has 0 radical (unpaired) electrons. The van der Waals surface area contributed by atoms with Crippen molar-refractivity contribution >= 4 is 46.0 Å². The normalized spacial score (nSPS) is 14.0. The molecule has 1 aliphatic rings. The molecule has 4 aromatic rings. The maximum absolute atomic E-state index is 12.6. The van der Waals surface area contributed by atoms with E-state index in [-0.39, 0.29) is 12.5 Å². The van der Waals surface area contributed by atoms with E-state index < -0.39 is 0 Å². The smallest absolute Gasteiger partial charge is 0.260 e. The van der Waals surface area contributed by atoms with Crippen LogP contribution in [-0.4, -0.2) is 63.3 Å². The number of amides is 1. The van der Waals surface area contributed by atoms with Gasteiger partial charge in [0.2, 0.25) is 0 Å². The Bertz CT molecular complexity index is 1290. The van der Waals surface area contributed by atoms with Crippen LogP contribution in [0.1, 0.15) is 0 Å². The molecule has 1 amide bonds. The number of halogens is 2. The second-order valence-electron chi connectivity index (χ2n) is 7.58. The molecule has 1 aliphatic heterocycles. The molecule has 0 bridgehead atoms. The number of ether oxygens (including phenoxy) is 1. The summed E-state index contributed by atoms with van der Waals surface area (Å²) in [6, 6.07) is 14.4. The fraction of sp³-hybridized carbons (Fsp3) is 0.217. The Kier molecular flexibility index (Phi) is 6.02. The highest BCUT2D eigenvalue weighted by molar-refractivity contribution is 6.31. The molecular weight excluding hydrogens is 463 g/mol. The molecule has 0 aliphatic carbocycles. The van der Waals surface area contributed by atoms with Crippen LogP contribution in [0.2, 0.25) is 10.0 Å². The number of benzene rings is 2. The SMILES string of the molecule is O=C(COc1ccc(Cl)cc1)N1CCN(c2ncnc3c2cnn3-c2cccc(Cl)c2)CC1. The maximum atomic E-state index is 12.6. The third-order valence-electron chi connectivity index (χ3n) is 5.51. The van der Waals surface area contributed by atoms with Gasteiger partial charge in [-0.1, -0.05) is 29.3 Å². The van der Waals surface area contributed by atoms with Gasteiger partial charge in [-0.05, 0) is 42.5 Å². The molecule has 5 rings (SSSR count). The lowest BCUT2D eigenvalue weighted by molar-refractivity contribution is -0.133. The third-order valence-corrected chi connectivity index (χ3v) is 5.99. The van der Waals surface area contributed by atoms with Crippen LogP contribution in [-0.2, 0) is 4.79 Å². The fourth-order valence-electron chi connectivity index (χ4n) is 3.82. The van der Waals surface area contributed by atoms with E-state index in [1.165, 1.54) is 6.33 Å². The first-order valence-electron chi connectivity index (χ1n) is 10.4. The maximum Gasteiger partial charge on any atom is 0.260 e. The van der Waals surface area contributed by atoms with E-state index in [1.807, 2.05) is 24.3 Å². The van der Waals surface area contributed by atoms with Crippen LogP contribution in [0.15, 0.2) is 61.1 Å². The van der Waals surface area contributed by atoms with Crippen LogP contribution < -0.4 is 9.64 Å². The van der Waals surface area contributed by atoms with Crippen LogP contribution in [0.3, 0.4) is 0 Å². The number of hydrogen-bond donors (Lipinski definition) is 0. The Hall–Kier alpha value is -3.36. The molecular formula is C23H20Cl2N6O2. The Morgan fingerprint density at radius 1 is 0.970 bits per heavy atom. The minimum Gasteiger partial charge on any atom is -0.484 e. The second kappa shape index (κ2) is 9.25. The average molecular weight is 483 g/mol. The molecule has 33 heavy (non-hydrogen) atoms. The molecule has 3 heterocycles. The van der Waals surface area contributed by atoms with Crippen LogP contribution in [0.5, 0.6) is 5.75 Å². The number of fused-ring (bicyclic) bond motifs is 1. The van der Waals surface area contributed by atoms with E-state index in [2.05, 4.69) is 20.0 Å². The van der Waals surface area contributed by atoms with E-state index in [9.17, 15) is 4.79 Å². The zero-order valence-corrected chi connectivity index (χ0v) is 19.1. The van der Waals surface area contributed by atoms with Gasteiger partial charge in [0.05, 0.1) is 17.3 Å². The van der Waals surface area contributed by atoms with Gasteiger partial charge in [-0.3, -0.25) is 4.79 Å². The minimum absolute atomic E-state index is 0.00814. The highest BCUT2D eigenvalue weighted by Gasteiger charge is 2.24. The van der Waals surface area contributed by atoms with Crippen molar-refractivity contribution in [3.8, 4) is 11.4 Å². The molecule has 1 saturated heterocycles. The van der Waals surface area contributed by atoms with Crippen LogP contribution >= 0.6 is 23.2 Å². The Morgan fingerprint density at radius 2 is 1.76 bits per heavy atom. The third kappa shape index (κ3) is 4.58. The summed E-state index contributed by atoms with van der Waals surface area (Å²) in [6.45, 7) is 2.46. The summed E-state index contributed by atoms with van der Waals surface area (Å²) in [6.07, 6.45) is 3.31. The van der Waals surface area contributed by atoms with Crippen molar-refractivity contribution in [3.63, 3.8) is 0 Å². The van der Waals surface area contributed by atoms with Crippen molar-refractivity contribution in [2.45, 2.75) is 0 Å². The van der Waals surface area contributed by atoms with Gasteiger partial charge >= 0.3 is 0 Å². The summed E-state index contributed by atoms with van der Waals surface area (Å²) in [7, 11) is 0.